The topological polar surface area (TPSA) is 26.0 Å². The highest BCUT2D eigenvalue weighted by Gasteiger charge is 2.12. The van der Waals surface area contributed by atoms with Gasteiger partial charge in [0.05, 0.1) is 0 Å². The summed E-state index contributed by atoms with van der Waals surface area (Å²) in [6, 6.07) is 4.50. The third-order valence-electron chi connectivity index (χ3n) is 1.79. The van der Waals surface area contributed by atoms with E-state index in [1.165, 1.54) is 6.07 Å². The number of hydrogen-bond donors (Lipinski definition) is 1. The Bertz CT molecular complexity index is 292. The van der Waals surface area contributed by atoms with Crippen LogP contribution in [0, 0.1) is 5.82 Å². The number of halogens is 2. The summed E-state index contributed by atoms with van der Waals surface area (Å²) in [4.78, 5) is 0. The summed E-state index contributed by atoms with van der Waals surface area (Å²) in [7, 11) is 0. The molecule has 0 aromatic heterocycles. The van der Waals surface area contributed by atoms with E-state index in [0.29, 0.717) is 16.5 Å². The summed E-state index contributed by atoms with van der Waals surface area (Å²) in [6.07, 6.45) is 2.25. The lowest BCUT2D eigenvalue weighted by Crippen LogP contribution is -2.11. The van der Waals surface area contributed by atoms with Crippen LogP contribution in [0.3, 0.4) is 0 Å². The maximum Gasteiger partial charge on any atom is 0.129 e. The minimum absolute atomic E-state index is 0.274. The molecule has 0 spiro atoms. The third-order valence-corrected chi connectivity index (χ3v) is 2.48. The molecule has 0 aliphatic carbocycles. The van der Waals surface area contributed by atoms with Gasteiger partial charge in [0.25, 0.3) is 0 Å². The average molecular weight is 244 g/mol. The first-order valence-electron chi connectivity index (χ1n) is 3.97. The van der Waals surface area contributed by atoms with Gasteiger partial charge in [0.1, 0.15) is 5.82 Å². The van der Waals surface area contributed by atoms with Crippen LogP contribution in [0.25, 0.3) is 0 Å². The Labute approximate surface area is 85.6 Å². The molecule has 3 heteroatoms. The highest BCUT2D eigenvalue weighted by atomic mass is 79.9. The molecule has 1 aromatic carbocycles. The molecule has 1 rings (SSSR count). The lowest BCUT2D eigenvalue weighted by atomic mass is 10.0. The molecule has 0 radical (unpaired) electrons. The lowest BCUT2D eigenvalue weighted by molar-refractivity contribution is 0.581. The maximum absolute atomic E-state index is 13.3. The van der Waals surface area contributed by atoms with Crippen LogP contribution in [0.4, 0.5) is 4.39 Å². The first kappa shape index (κ1) is 10.4. The predicted octanol–water partition coefficient (Wildman–Crippen LogP) is 3.16. The van der Waals surface area contributed by atoms with Gasteiger partial charge in [-0.1, -0.05) is 28.1 Å². The van der Waals surface area contributed by atoms with Gasteiger partial charge in [0.2, 0.25) is 0 Å². The SMILES string of the molecule is C=CC[C@H](N)c1c(F)cccc1Br. The van der Waals surface area contributed by atoms with E-state index in [9.17, 15) is 4.39 Å². The Balaban J connectivity index is 3.04. The Hall–Kier alpha value is -0.670. The first-order chi connectivity index (χ1) is 6.16. The first-order valence-corrected chi connectivity index (χ1v) is 4.76. The van der Waals surface area contributed by atoms with Crippen molar-refractivity contribution in [2.75, 3.05) is 0 Å². The fourth-order valence-electron chi connectivity index (χ4n) is 1.16. The van der Waals surface area contributed by atoms with Gasteiger partial charge in [-0.3, -0.25) is 0 Å². The minimum Gasteiger partial charge on any atom is -0.324 e. The van der Waals surface area contributed by atoms with E-state index in [0.717, 1.165) is 0 Å². The van der Waals surface area contributed by atoms with Crippen molar-refractivity contribution in [1.29, 1.82) is 0 Å². The fourth-order valence-corrected chi connectivity index (χ4v) is 1.80. The van der Waals surface area contributed by atoms with E-state index in [-0.39, 0.29) is 11.9 Å². The molecule has 0 fully saturated rings. The predicted molar refractivity (Wildman–Crippen MR) is 55.8 cm³/mol. The number of benzene rings is 1. The van der Waals surface area contributed by atoms with Crippen molar-refractivity contribution in [1.82, 2.24) is 0 Å². The molecule has 1 nitrogen and oxygen atoms in total. The van der Waals surface area contributed by atoms with Gasteiger partial charge in [-0.15, -0.1) is 6.58 Å². The summed E-state index contributed by atoms with van der Waals surface area (Å²) in [6.45, 7) is 3.57. The molecule has 13 heavy (non-hydrogen) atoms. The van der Waals surface area contributed by atoms with Crippen LogP contribution < -0.4 is 5.73 Å². The molecule has 0 amide bonds. The van der Waals surface area contributed by atoms with Gasteiger partial charge in [-0.05, 0) is 18.6 Å². The van der Waals surface area contributed by atoms with Crippen molar-refractivity contribution in [3.8, 4) is 0 Å². The van der Waals surface area contributed by atoms with E-state index in [2.05, 4.69) is 22.5 Å². The van der Waals surface area contributed by atoms with Crippen molar-refractivity contribution < 1.29 is 4.39 Å². The van der Waals surface area contributed by atoms with Crippen molar-refractivity contribution >= 4 is 15.9 Å². The van der Waals surface area contributed by atoms with E-state index in [1.807, 2.05) is 0 Å². The van der Waals surface area contributed by atoms with Gasteiger partial charge < -0.3 is 5.73 Å². The Kier molecular flexibility index (Phi) is 3.63. The second kappa shape index (κ2) is 4.53. The number of rotatable bonds is 3. The molecule has 70 valence electrons. The van der Waals surface area contributed by atoms with Gasteiger partial charge >= 0.3 is 0 Å². The molecule has 0 aliphatic rings. The normalized spacial score (nSPS) is 12.5. The Morgan fingerprint density at radius 2 is 2.31 bits per heavy atom. The smallest absolute Gasteiger partial charge is 0.129 e. The Morgan fingerprint density at radius 3 is 2.85 bits per heavy atom. The molecular formula is C10H11BrFN. The molecule has 0 heterocycles. The summed E-state index contributed by atoms with van der Waals surface area (Å²) in [5.74, 6) is -0.274. The summed E-state index contributed by atoms with van der Waals surface area (Å²) < 4.78 is 14.0. The molecule has 2 N–H and O–H groups in total. The van der Waals surface area contributed by atoms with Crippen molar-refractivity contribution in [3.63, 3.8) is 0 Å². The van der Waals surface area contributed by atoms with Gasteiger partial charge in [-0.25, -0.2) is 4.39 Å². The van der Waals surface area contributed by atoms with Crippen LogP contribution >= 0.6 is 15.9 Å². The van der Waals surface area contributed by atoms with E-state index >= 15 is 0 Å². The van der Waals surface area contributed by atoms with Crippen LogP contribution in [0.5, 0.6) is 0 Å². The van der Waals surface area contributed by atoms with Crippen LogP contribution in [-0.4, -0.2) is 0 Å². The van der Waals surface area contributed by atoms with Gasteiger partial charge in [0.15, 0.2) is 0 Å². The van der Waals surface area contributed by atoms with Crippen molar-refractivity contribution in [2.24, 2.45) is 5.73 Å². The zero-order valence-corrected chi connectivity index (χ0v) is 8.72. The highest BCUT2D eigenvalue weighted by Crippen LogP contribution is 2.26. The van der Waals surface area contributed by atoms with Crippen molar-refractivity contribution in [3.05, 3.63) is 46.7 Å². The number of hydrogen-bond acceptors (Lipinski definition) is 1. The third kappa shape index (κ3) is 2.39. The molecule has 0 unspecified atom stereocenters. The zero-order valence-electron chi connectivity index (χ0n) is 7.13. The van der Waals surface area contributed by atoms with Crippen LogP contribution in [0.2, 0.25) is 0 Å². The number of nitrogens with two attached hydrogens (primary N) is 1. The van der Waals surface area contributed by atoms with Crippen LogP contribution in [-0.2, 0) is 0 Å². The monoisotopic (exact) mass is 243 g/mol. The molecule has 0 saturated carbocycles. The molecule has 1 aromatic rings. The zero-order chi connectivity index (χ0) is 9.84. The Morgan fingerprint density at radius 1 is 1.62 bits per heavy atom. The van der Waals surface area contributed by atoms with Crippen LogP contribution in [0.1, 0.15) is 18.0 Å². The fraction of sp³-hybridized carbons (Fsp3) is 0.200. The lowest BCUT2D eigenvalue weighted by Gasteiger charge is -2.12. The molecule has 0 bridgehead atoms. The van der Waals surface area contributed by atoms with E-state index < -0.39 is 0 Å². The maximum atomic E-state index is 13.3. The highest BCUT2D eigenvalue weighted by molar-refractivity contribution is 9.10. The summed E-state index contributed by atoms with van der Waals surface area (Å²) in [5.41, 5.74) is 6.28. The van der Waals surface area contributed by atoms with Gasteiger partial charge in [-0.2, -0.15) is 0 Å². The van der Waals surface area contributed by atoms with E-state index in [4.69, 9.17) is 5.73 Å². The molecule has 0 saturated heterocycles. The molecular weight excluding hydrogens is 233 g/mol. The van der Waals surface area contributed by atoms with Crippen LogP contribution in [0.15, 0.2) is 35.3 Å². The van der Waals surface area contributed by atoms with Crippen molar-refractivity contribution in [2.45, 2.75) is 12.5 Å². The standard InChI is InChI=1S/C10H11BrFN/c1-2-4-9(13)10-7(11)5-3-6-8(10)12/h2-3,5-6,9H,1,4,13H2/t9-/m0/s1. The largest absolute Gasteiger partial charge is 0.324 e. The molecule has 1 atom stereocenters. The van der Waals surface area contributed by atoms with E-state index in [1.54, 1.807) is 18.2 Å². The quantitative estimate of drug-likeness (QED) is 0.812. The summed E-state index contributed by atoms with van der Waals surface area (Å²) >= 11 is 3.26. The average Bonchev–Trinajstić information content (AvgIpc) is 2.04. The second-order valence-electron chi connectivity index (χ2n) is 2.77. The molecule has 0 aliphatic heterocycles. The van der Waals surface area contributed by atoms with Gasteiger partial charge in [0, 0.05) is 16.1 Å². The summed E-state index contributed by atoms with van der Waals surface area (Å²) in [5, 5.41) is 0. The minimum atomic E-state index is -0.326. The second-order valence-corrected chi connectivity index (χ2v) is 3.62.